The van der Waals surface area contributed by atoms with Crippen molar-refractivity contribution in [3.63, 3.8) is 0 Å². The van der Waals surface area contributed by atoms with Crippen LogP contribution in [0, 0.1) is 0 Å². The number of hydrogen-bond donors (Lipinski definition) is 0. The number of rotatable bonds is 5. The first kappa shape index (κ1) is 12.6. The van der Waals surface area contributed by atoms with E-state index in [1.807, 2.05) is 20.2 Å². The van der Waals surface area contributed by atoms with Crippen LogP contribution < -0.4 is 4.90 Å². The second-order valence-corrected chi connectivity index (χ2v) is 5.36. The molecular formula is C11H14BrNOS. The Bertz CT molecular complexity index is 341. The summed E-state index contributed by atoms with van der Waals surface area (Å²) < 4.78 is 1.07. The third-order valence-electron chi connectivity index (χ3n) is 1.90. The summed E-state index contributed by atoms with van der Waals surface area (Å²) in [6.07, 6.45) is 1.56. The van der Waals surface area contributed by atoms with Crippen LogP contribution in [0.4, 0.5) is 5.69 Å². The highest BCUT2D eigenvalue weighted by Crippen LogP contribution is 2.32. The molecule has 0 aliphatic rings. The van der Waals surface area contributed by atoms with Crippen molar-refractivity contribution in [2.24, 2.45) is 0 Å². The summed E-state index contributed by atoms with van der Waals surface area (Å²) in [5.74, 6) is 0.834. The molecule has 0 aromatic heterocycles. The van der Waals surface area contributed by atoms with E-state index in [0.717, 1.165) is 16.5 Å². The van der Waals surface area contributed by atoms with Gasteiger partial charge in [-0.25, -0.2) is 0 Å². The van der Waals surface area contributed by atoms with E-state index in [1.54, 1.807) is 11.8 Å². The van der Waals surface area contributed by atoms with Crippen LogP contribution in [0.15, 0.2) is 27.6 Å². The molecule has 1 aromatic rings. The molecule has 4 heteroatoms. The zero-order valence-electron chi connectivity index (χ0n) is 8.87. The van der Waals surface area contributed by atoms with Gasteiger partial charge in [0.05, 0.1) is 0 Å². The lowest BCUT2D eigenvalue weighted by Gasteiger charge is -2.17. The van der Waals surface area contributed by atoms with Gasteiger partial charge in [0, 0.05) is 41.3 Å². The van der Waals surface area contributed by atoms with Gasteiger partial charge in [-0.05, 0) is 18.2 Å². The maximum absolute atomic E-state index is 10.2. The standard InChI is InChI=1S/C11H14BrNOS/c1-13(2)10-5-4-9(12)8-11(10)15-7-3-6-14/h4-6,8H,3,7H2,1-2H3. The summed E-state index contributed by atoms with van der Waals surface area (Å²) in [6, 6.07) is 6.19. The van der Waals surface area contributed by atoms with E-state index in [9.17, 15) is 4.79 Å². The van der Waals surface area contributed by atoms with E-state index < -0.39 is 0 Å². The summed E-state index contributed by atoms with van der Waals surface area (Å²) in [4.78, 5) is 13.5. The quantitative estimate of drug-likeness (QED) is 0.471. The maximum Gasteiger partial charge on any atom is 0.120 e. The molecule has 0 saturated carbocycles. The first-order valence-electron chi connectivity index (χ1n) is 4.68. The van der Waals surface area contributed by atoms with Crippen LogP contribution in [-0.2, 0) is 4.79 Å². The van der Waals surface area contributed by atoms with Crippen LogP contribution in [-0.4, -0.2) is 26.1 Å². The van der Waals surface area contributed by atoms with Crippen molar-refractivity contribution in [3.8, 4) is 0 Å². The Labute approximate surface area is 103 Å². The van der Waals surface area contributed by atoms with Gasteiger partial charge in [0.2, 0.25) is 0 Å². The minimum absolute atomic E-state index is 0.601. The molecule has 0 bridgehead atoms. The number of thioether (sulfide) groups is 1. The third kappa shape index (κ3) is 3.87. The Kier molecular flexibility index (Phi) is 5.19. The Morgan fingerprint density at radius 1 is 1.47 bits per heavy atom. The van der Waals surface area contributed by atoms with Crippen LogP contribution in [0.1, 0.15) is 6.42 Å². The molecule has 0 amide bonds. The predicted octanol–water partition coefficient (Wildman–Crippen LogP) is 3.20. The Balaban J connectivity index is 2.82. The van der Waals surface area contributed by atoms with Gasteiger partial charge in [0.1, 0.15) is 6.29 Å². The van der Waals surface area contributed by atoms with Crippen molar-refractivity contribution < 1.29 is 4.79 Å². The van der Waals surface area contributed by atoms with Crippen molar-refractivity contribution in [2.75, 3.05) is 24.7 Å². The molecule has 0 atom stereocenters. The van der Waals surface area contributed by atoms with Crippen molar-refractivity contribution in [1.29, 1.82) is 0 Å². The molecule has 0 radical (unpaired) electrons. The maximum atomic E-state index is 10.2. The molecule has 0 saturated heterocycles. The second kappa shape index (κ2) is 6.18. The first-order valence-corrected chi connectivity index (χ1v) is 6.46. The number of halogens is 1. The SMILES string of the molecule is CN(C)c1ccc(Br)cc1SCCC=O. The summed E-state index contributed by atoms with van der Waals surface area (Å²) >= 11 is 5.16. The molecule has 1 aromatic carbocycles. The van der Waals surface area contributed by atoms with Crippen LogP contribution in [0.3, 0.4) is 0 Å². The molecule has 15 heavy (non-hydrogen) atoms. The first-order chi connectivity index (χ1) is 7.15. The molecule has 0 aliphatic heterocycles. The molecule has 0 unspecified atom stereocenters. The van der Waals surface area contributed by atoms with Crippen LogP contribution in [0.25, 0.3) is 0 Å². The zero-order chi connectivity index (χ0) is 11.3. The van der Waals surface area contributed by atoms with E-state index in [0.29, 0.717) is 6.42 Å². The normalized spacial score (nSPS) is 10.1. The molecule has 0 aliphatic carbocycles. The number of carbonyl (C=O) groups excluding carboxylic acids is 1. The molecule has 1 rings (SSSR count). The summed E-state index contributed by atoms with van der Waals surface area (Å²) in [6.45, 7) is 0. The van der Waals surface area contributed by atoms with E-state index in [4.69, 9.17) is 0 Å². The highest BCUT2D eigenvalue weighted by Gasteiger charge is 2.05. The van der Waals surface area contributed by atoms with E-state index in [2.05, 4.69) is 33.0 Å². The number of carbonyl (C=O) groups is 1. The van der Waals surface area contributed by atoms with Crippen LogP contribution >= 0.6 is 27.7 Å². The fourth-order valence-electron chi connectivity index (χ4n) is 1.19. The van der Waals surface area contributed by atoms with Gasteiger partial charge in [-0.2, -0.15) is 0 Å². The lowest BCUT2D eigenvalue weighted by molar-refractivity contribution is -0.107. The summed E-state index contributed by atoms with van der Waals surface area (Å²) in [7, 11) is 4.04. The highest BCUT2D eigenvalue weighted by atomic mass is 79.9. The van der Waals surface area contributed by atoms with Crippen molar-refractivity contribution >= 4 is 39.7 Å². The topological polar surface area (TPSA) is 20.3 Å². The van der Waals surface area contributed by atoms with Crippen LogP contribution in [0.2, 0.25) is 0 Å². The minimum Gasteiger partial charge on any atom is -0.377 e. The van der Waals surface area contributed by atoms with Crippen LogP contribution in [0.5, 0.6) is 0 Å². The Hall–Kier alpha value is -0.480. The third-order valence-corrected chi connectivity index (χ3v) is 3.47. The minimum atomic E-state index is 0.601. The van der Waals surface area contributed by atoms with Gasteiger partial charge < -0.3 is 9.69 Å². The highest BCUT2D eigenvalue weighted by molar-refractivity contribution is 9.10. The predicted molar refractivity (Wildman–Crippen MR) is 69.9 cm³/mol. The smallest absolute Gasteiger partial charge is 0.120 e. The monoisotopic (exact) mass is 287 g/mol. The number of hydrogen-bond acceptors (Lipinski definition) is 3. The van der Waals surface area contributed by atoms with Gasteiger partial charge in [-0.3, -0.25) is 0 Å². The van der Waals surface area contributed by atoms with Crippen molar-refractivity contribution in [1.82, 2.24) is 0 Å². The fraction of sp³-hybridized carbons (Fsp3) is 0.364. The van der Waals surface area contributed by atoms with E-state index >= 15 is 0 Å². The van der Waals surface area contributed by atoms with E-state index in [1.165, 1.54) is 10.6 Å². The fourth-order valence-corrected chi connectivity index (χ4v) is 2.75. The molecule has 2 nitrogen and oxygen atoms in total. The molecule has 82 valence electrons. The molecule has 0 heterocycles. The number of anilines is 1. The Morgan fingerprint density at radius 2 is 2.20 bits per heavy atom. The van der Waals surface area contributed by atoms with Gasteiger partial charge in [-0.15, -0.1) is 11.8 Å². The summed E-state index contributed by atoms with van der Waals surface area (Å²) in [5, 5.41) is 0. The Morgan fingerprint density at radius 3 is 2.80 bits per heavy atom. The average molecular weight is 288 g/mol. The number of nitrogens with zero attached hydrogens (tertiary/aromatic N) is 1. The van der Waals surface area contributed by atoms with Crippen molar-refractivity contribution in [3.05, 3.63) is 22.7 Å². The molecular weight excluding hydrogens is 274 g/mol. The largest absolute Gasteiger partial charge is 0.377 e. The lowest BCUT2D eigenvalue weighted by Crippen LogP contribution is -2.09. The lowest BCUT2D eigenvalue weighted by atomic mass is 10.3. The number of aldehydes is 1. The van der Waals surface area contributed by atoms with Gasteiger partial charge in [0.25, 0.3) is 0 Å². The average Bonchev–Trinajstić information content (AvgIpc) is 2.18. The second-order valence-electron chi connectivity index (χ2n) is 3.31. The van der Waals surface area contributed by atoms with Crippen molar-refractivity contribution in [2.45, 2.75) is 11.3 Å². The van der Waals surface area contributed by atoms with Gasteiger partial charge >= 0.3 is 0 Å². The molecule has 0 fully saturated rings. The van der Waals surface area contributed by atoms with Gasteiger partial charge in [0.15, 0.2) is 0 Å². The van der Waals surface area contributed by atoms with Gasteiger partial charge in [-0.1, -0.05) is 15.9 Å². The molecule has 0 spiro atoms. The molecule has 0 N–H and O–H groups in total. The zero-order valence-corrected chi connectivity index (χ0v) is 11.3. The summed E-state index contributed by atoms with van der Waals surface area (Å²) in [5.41, 5.74) is 1.19. The number of benzene rings is 1. The van der Waals surface area contributed by atoms with E-state index in [-0.39, 0.29) is 0 Å².